The van der Waals surface area contributed by atoms with Crippen LogP contribution in [-0.4, -0.2) is 50.1 Å². The molecule has 4 nitrogen and oxygen atoms in total. The molecule has 1 fully saturated rings. The van der Waals surface area contributed by atoms with E-state index in [1.54, 1.807) is 0 Å². The average molecular weight is 478 g/mol. The summed E-state index contributed by atoms with van der Waals surface area (Å²) in [5, 5.41) is 9.00. The predicted octanol–water partition coefficient (Wildman–Crippen LogP) is 4.07. The molecule has 1 aliphatic heterocycles. The molecule has 0 spiro atoms. The second kappa shape index (κ2) is 12.1. The number of rotatable bonds is 9. The van der Waals surface area contributed by atoms with Crippen molar-refractivity contribution in [2.45, 2.75) is 51.9 Å². The minimum Gasteiger partial charge on any atom is -0.357 e. The average Bonchev–Trinajstić information content (AvgIpc) is 3.25. The van der Waals surface area contributed by atoms with Crippen molar-refractivity contribution in [1.82, 2.24) is 15.5 Å². The van der Waals surface area contributed by atoms with Gasteiger partial charge in [0.25, 0.3) is 0 Å². The summed E-state index contributed by atoms with van der Waals surface area (Å²) >= 11 is 1.82. The first-order valence-corrected chi connectivity index (χ1v) is 10.3. The van der Waals surface area contributed by atoms with Gasteiger partial charge in [0.05, 0.1) is 6.54 Å². The second-order valence-corrected chi connectivity index (χ2v) is 8.19. The van der Waals surface area contributed by atoms with E-state index < -0.39 is 0 Å². The van der Waals surface area contributed by atoms with Crippen LogP contribution in [0.4, 0.5) is 0 Å². The molecular weight excluding hydrogens is 443 g/mol. The Labute approximate surface area is 174 Å². The molecule has 144 valence electrons. The summed E-state index contributed by atoms with van der Waals surface area (Å²) in [5.74, 6) is 0.948. The second-order valence-electron chi connectivity index (χ2n) is 7.24. The Balaban J connectivity index is 0.00000312. The van der Waals surface area contributed by atoms with Crippen molar-refractivity contribution in [3.63, 3.8) is 0 Å². The van der Waals surface area contributed by atoms with Crippen LogP contribution < -0.4 is 10.6 Å². The van der Waals surface area contributed by atoms with Crippen LogP contribution in [-0.2, 0) is 5.41 Å². The zero-order valence-corrected chi connectivity index (χ0v) is 19.2. The number of likely N-dealkylation sites (tertiary alicyclic amines) is 1. The fraction of sp³-hybridized carbons (Fsp3) is 0.737. The Morgan fingerprint density at radius 3 is 2.64 bits per heavy atom. The van der Waals surface area contributed by atoms with Gasteiger partial charge in [-0.15, -0.1) is 35.3 Å². The van der Waals surface area contributed by atoms with Crippen LogP contribution >= 0.6 is 35.3 Å². The van der Waals surface area contributed by atoms with Crippen molar-refractivity contribution in [1.29, 1.82) is 0 Å². The lowest BCUT2D eigenvalue weighted by Gasteiger charge is -2.22. The summed E-state index contributed by atoms with van der Waals surface area (Å²) in [6.45, 7) is 13.2. The molecule has 0 radical (unpaired) electrons. The van der Waals surface area contributed by atoms with Gasteiger partial charge in [-0.1, -0.05) is 19.9 Å². The first kappa shape index (κ1) is 22.7. The summed E-state index contributed by atoms with van der Waals surface area (Å²) in [6, 6.07) is 4.33. The van der Waals surface area contributed by atoms with Gasteiger partial charge in [-0.3, -0.25) is 4.99 Å². The van der Waals surface area contributed by atoms with Gasteiger partial charge < -0.3 is 15.5 Å². The third-order valence-corrected chi connectivity index (χ3v) is 5.79. The van der Waals surface area contributed by atoms with Crippen molar-refractivity contribution in [3.05, 3.63) is 22.4 Å². The summed E-state index contributed by atoms with van der Waals surface area (Å²) in [6.07, 6.45) is 5.24. The highest BCUT2D eigenvalue weighted by Gasteiger charge is 2.21. The summed E-state index contributed by atoms with van der Waals surface area (Å²) in [4.78, 5) is 8.79. The highest BCUT2D eigenvalue weighted by atomic mass is 127. The van der Waals surface area contributed by atoms with Crippen molar-refractivity contribution >= 4 is 41.3 Å². The van der Waals surface area contributed by atoms with Crippen LogP contribution in [0, 0.1) is 0 Å². The van der Waals surface area contributed by atoms with Gasteiger partial charge in [-0.05, 0) is 63.7 Å². The van der Waals surface area contributed by atoms with Crippen LogP contribution in [0.15, 0.2) is 22.5 Å². The van der Waals surface area contributed by atoms with Crippen molar-refractivity contribution in [2.75, 3.05) is 39.3 Å². The molecule has 0 atom stereocenters. The quantitative estimate of drug-likeness (QED) is 0.243. The molecule has 2 rings (SSSR count). The Bertz CT molecular complexity index is 482. The number of nitrogens with one attached hydrogen (secondary N) is 2. The molecule has 2 N–H and O–H groups in total. The van der Waals surface area contributed by atoms with E-state index >= 15 is 0 Å². The number of halogens is 1. The maximum absolute atomic E-state index is 4.81. The van der Waals surface area contributed by atoms with Gasteiger partial charge in [0, 0.05) is 23.4 Å². The standard InChI is InChI=1S/C19H34N4S.HI/c1-4-20-18(21-11-5-6-12-23-13-7-8-14-23)22-16-19(2,3)17-10-9-15-24-17;/h9-10,15H,4-8,11-14,16H2,1-3H3,(H2,20,21,22);1H. The zero-order valence-electron chi connectivity index (χ0n) is 16.0. The maximum atomic E-state index is 4.81. The summed E-state index contributed by atoms with van der Waals surface area (Å²) in [7, 11) is 0. The SMILES string of the molecule is CCNC(=NCC(C)(C)c1cccs1)NCCCCN1CCCC1.I. The highest BCUT2D eigenvalue weighted by molar-refractivity contribution is 14.0. The minimum absolute atomic E-state index is 0. The highest BCUT2D eigenvalue weighted by Crippen LogP contribution is 2.27. The number of thiophene rings is 1. The molecule has 25 heavy (non-hydrogen) atoms. The zero-order chi connectivity index (χ0) is 17.3. The van der Waals surface area contributed by atoms with Crippen molar-refractivity contribution < 1.29 is 0 Å². The van der Waals surface area contributed by atoms with Crippen molar-refractivity contribution in [3.8, 4) is 0 Å². The largest absolute Gasteiger partial charge is 0.357 e. The smallest absolute Gasteiger partial charge is 0.191 e. The van der Waals surface area contributed by atoms with E-state index in [4.69, 9.17) is 4.99 Å². The molecule has 1 aromatic heterocycles. The topological polar surface area (TPSA) is 39.7 Å². The molecule has 0 saturated carbocycles. The molecule has 0 aromatic carbocycles. The number of nitrogens with zero attached hydrogens (tertiary/aromatic N) is 2. The number of unbranched alkanes of at least 4 members (excludes halogenated alkanes) is 1. The molecule has 1 aromatic rings. The van der Waals surface area contributed by atoms with E-state index in [0.717, 1.165) is 25.6 Å². The monoisotopic (exact) mass is 478 g/mol. The Kier molecular flexibility index (Phi) is 11.0. The van der Waals surface area contributed by atoms with Crippen molar-refractivity contribution in [2.24, 2.45) is 4.99 Å². The Morgan fingerprint density at radius 1 is 1.24 bits per heavy atom. The molecular formula is C19H35IN4S. The third kappa shape index (κ3) is 8.26. The lowest BCUT2D eigenvalue weighted by molar-refractivity contribution is 0.330. The molecule has 0 aliphatic carbocycles. The van der Waals surface area contributed by atoms with Crippen LogP contribution in [0.2, 0.25) is 0 Å². The summed E-state index contributed by atoms with van der Waals surface area (Å²) < 4.78 is 0. The minimum atomic E-state index is 0. The van der Waals surface area contributed by atoms with E-state index in [-0.39, 0.29) is 29.4 Å². The lowest BCUT2D eigenvalue weighted by Crippen LogP contribution is -2.39. The lowest BCUT2D eigenvalue weighted by atomic mass is 9.92. The van der Waals surface area contributed by atoms with Crippen LogP contribution in [0.3, 0.4) is 0 Å². The molecule has 0 amide bonds. The van der Waals surface area contributed by atoms with E-state index in [9.17, 15) is 0 Å². The maximum Gasteiger partial charge on any atom is 0.191 e. The van der Waals surface area contributed by atoms with Gasteiger partial charge in [0.2, 0.25) is 0 Å². The van der Waals surface area contributed by atoms with Gasteiger partial charge in [-0.25, -0.2) is 0 Å². The van der Waals surface area contributed by atoms with Gasteiger partial charge in [-0.2, -0.15) is 0 Å². The summed E-state index contributed by atoms with van der Waals surface area (Å²) in [5.41, 5.74) is 0.0896. The molecule has 2 heterocycles. The van der Waals surface area contributed by atoms with E-state index in [0.29, 0.717) is 0 Å². The molecule has 1 aliphatic rings. The Hall–Kier alpha value is -0.340. The molecule has 0 unspecified atom stereocenters. The fourth-order valence-corrected chi connectivity index (χ4v) is 3.88. The Morgan fingerprint density at radius 2 is 2.00 bits per heavy atom. The number of guanidine groups is 1. The van der Waals surface area contributed by atoms with Gasteiger partial charge >= 0.3 is 0 Å². The van der Waals surface area contributed by atoms with E-state index in [1.807, 2.05) is 11.3 Å². The number of hydrogen-bond acceptors (Lipinski definition) is 3. The number of hydrogen-bond donors (Lipinski definition) is 2. The molecule has 6 heteroatoms. The first-order chi connectivity index (χ1) is 11.6. The van der Waals surface area contributed by atoms with E-state index in [2.05, 4.69) is 53.8 Å². The normalized spacial score (nSPS) is 15.9. The predicted molar refractivity (Wildman–Crippen MR) is 122 cm³/mol. The van der Waals surface area contributed by atoms with Gasteiger partial charge in [0.1, 0.15) is 0 Å². The van der Waals surface area contributed by atoms with Crippen LogP contribution in [0.25, 0.3) is 0 Å². The fourth-order valence-electron chi connectivity index (χ4n) is 3.03. The van der Waals surface area contributed by atoms with Crippen LogP contribution in [0.1, 0.15) is 51.3 Å². The van der Waals surface area contributed by atoms with E-state index in [1.165, 1.54) is 50.2 Å². The first-order valence-electron chi connectivity index (χ1n) is 9.40. The molecule has 1 saturated heterocycles. The van der Waals surface area contributed by atoms with Gasteiger partial charge in [0.15, 0.2) is 5.96 Å². The third-order valence-electron chi connectivity index (χ3n) is 4.56. The molecule has 0 bridgehead atoms. The van der Waals surface area contributed by atoms with Crippen LogP contribution in [0.5, 0.6) is 0 Å². The number of aliphatic imine (C=N–C) groups is 1.